The van der Waals surface area contributed by atoms with Crippen LogP contribution in [-0.4, -0.2) is 216 Å². The number of rotatable bonds is 22. The summed E-state index contributed by atoms with van der Waals surface area (Å²) in [6.07, 6.45) is 6.60. The van der Waals surface area contributed by atoms with Crippen molar-refractivity contribution in [3.8, 4) is 20.0 Å². The molecule has 3 amide bonds. The molecule has 6 aliphatic heterocycles. The first-order valence-electron chi connectivity index (χ1n) is 46.1. The molecule has 4 atom stereocenters. The van der Waals surface area contributed by atoms with Crippen molar-refractivity contribution in [2.24, 2.45) is 20.0 Å². The number of carbonyl (C=O) groups is 4. The predicted octanol–water partition coefficient (Wildman–Crippen LogP) is 18.5. The van der Waals surface area contributed by atoms with Gasteiger partial charge in [0.05, 0.1) is 55.3 Å². The molecule has 2 saturated heterocycles. The number of aliphatic imine (C=N–C) groups is 4. The highest BCUT2D eigenvalue weighted by Crippen LogP contribution is 2.46. The molecule has 28 nitrogen and oxygen atoms in total. The third-order valence-corrected chi connectivity index (χ3v) is 31.1. The van der Waals surface area contributed by atoms with E-state index in [-0.39, 0.29) is 54.3 Å². The zero-order valence-electron chi connectivity index (χ0n) is 79.9. The predicted molar refractivity (Wildman–Crippen MR) is 549 cm³/mol. The number of hydrogen-bond acceptors (Lipinski definition) is 25. The number of nitrogens with zero attached hydrogens (tertiary/aromatic N) is 20. The molecular formula is C101H113Cl4N23O5S4. The van der Waals surface area contributed by atoms with E-state index in [1.807, 2.05) is 164 Å². The van der Waals surface area contributed by atoms with Gasteiger partial charge in [-0.2, -0.15) is 0 Å². The Bertz CT molecular complexity index is 6740. The van der Waals surface area contributed by atoms with Crippen molar-refractivity contribution >= 4 is 138 Å². The normalized spacial score (nSPS) is 16.7. The number of ketones is 1. The first kappa shape index (κ1) is 99.2. The fourth-order valence-corrected chi connectivity index (χ4v) is 23.0. The standard InChI is InChI=1S/C27H33ClN6OS.C26H25ClN6OS.C25H29ClN6O2S.C23H26ClN5OS/c1-17-18(2)36-27-24(17)25(20-7-9-21(28)10-8-20)29-23(26-31-30-19(3)34(26)27)16-22(35)6-5-11-33-14-12-32(4)13-15-33;1-15-16(2)35-26-23(15)24(19-6-8-20(27)9-7-19)30-21(25-32-31-17(3)33(25)26)13-22(34)29-12-10-18-5-4-11-28-14-18;1-15-16(2)35-25-22(15)23(18-4-6-19(26)7-5-18)28-20(24-30-29-17(3)32(24)25)14-21(33)27-8-9-31-10-12-34-13-11-31;1-12-13(2)31-22-19(12)20(15-7-9-16(24)10-8-15)25-17(11-18(30)26-23(4,5)6)21-28-27-14(3)29(21)22/h7-10,23H,5-6,11-16H2,1-4H3;4-9,11,14,21H,10,12-13H2,1-3H3,(H,29,34);4-7,20H,8-14H2,1-3H3,(H,27,33);7-10,17H,11H2,1-6H3,(H,26,30)/t23-;;;17-/m0..1/s1. The molecule has 4 aromatic carbocycles. The van der Waals surface area contributed by atoms with Crippen LogP contribution in [-0.2, 0) is 30.3 Å². The highest BCUT2D eigenvalue weighted by atomic mass is 35.5. The Morgan fingerprint density at radius 2 is 0.737 bits per heavy atom. The average molecular weight is 2000 g/mol. The summed E-state index contributed by atoms with van der Waals surface area (Å²) in [5.74, 6) is 5.98. The Morgan fingerprint density at radius 1 is 0.409 bits per heavy atom. The van der Waals surface area contributed by atoms with E-state index in [0.29, 0.717) is 69.9 Å². The van der Waals surface area contributed by atoms with E-state index in [4.69, 9.17) is 71.1 Å². The number of thiophene rings is 4. The number of ether oxygens (including phenoxy) is 1. The lowest BCUT2D eigenvalue weighted by atomic mass is 9.99. The Kier molecular flexibility index (Phi) is 31.3. The van der Waals surface area contributed by atoms with Crippen LogP contribution in [0.15, 0.2) is 142 Å². The van der Waals surface area contributed by atoms with Gasteiger partial charge in [-0.1, -0.05) is 101 Å². The van der Waals surface area contributed by atoms with E-state index in [1.165, 1.54) is 41.8 Å². The molecule has 0 saturated carbocycles. The smallest absolute Gasteiger partial charge is 0.223 e. The second-order valence-corrected chi connectivity index (χ2v) is 42.8. The lowest BCUT2D eigenvalue weighted by Crippen LogP contribution is -2.44. The first-order valence-corrected chi connectivity index (χ1v) is 50.9. The van der Waals surface area contributed by atoms with Crippen LogP contribution in [0.3, 0.4) is 0 Å². The fraction of sp³-hybridized carbons (Fsp3) is 0.396. The lowest BCUT2D eigenvalue weighted by Gasteiger charge is -2.32. The molecule has 714 valence electrons. The van der Waals surface area contributed by atoms with Crippen molar-refractivity contribution in [2.45, 2.75) is 179 Å². The number of piperazine rings is 1. The van der Waals surface area contributed by atoms with Crippen LogP contribution in [0.2, 0.25) is 20.1 Å². The van der Waals surface area contributed by atoms with Gasteiger partial charge in [0.2, 0.25) is 17.7 Å². The van der Waals surface area contributed by atoms with Gasteiger partial charge in [0, 0.05) is 174 Å². The molecule has 6 aliphatic rings. The topological polar surface area (TPSA) is 308 Å². The van der Waals surface area contributed by atoms with Crippen LogP contribution in [0.4, 0.5) is 0 Å². The highest BCUT2D eigenvalue weighted by Gasteiger charge is 2.39. The summed E-state index contributed by atoms with van der Waals surface area (Å²) < 4.78 is 13.7. The Balaban J connectivity index is 0.000000132. The maximum absolute atomic E-state index is 13.2. The number of halogens is 4. The third kappa shape index (κ3) is 22.5. The number of morpholine rings is 1. The summed E-state index contributed by atoms with van der Waals surface area (Å²) >= 11 is 31.5. The number of amides is 3. The number of carbonyl (C=O) groups excluding carboxylic acids is 4. The molecule has 0 aliphatic carbocycles. The maximum atomic E-state index is 13.2. The zero-order valence-corrected chi connectivity index (χ0v) is 86.2. The Labute approximate surface area is 834 Å². The van der Waals surface area contributed by atoms with Gasteiger partial charge in [0.15, 0.2) is 23.3 Å². The molecule has 3 N–H and O–H groups in total. The minimum Gasteiger partial charge on any atom is -0.379 e. The van der Waals surface area contributed by atoms with E-state index in [0.717, 1.165) is 194 Å². The molecule has 0 spiro atoms. The van der Waals surface area contributed by atoms with E-state index in [1.54, 1.807) is 51.5 Å². The number of aryl methyl sites for hydroxylation is 8. The summed E-state index contributed by atoms with van der Waals surface area (Å²) in [4.78, 5) is 88.7. The quantitative estimate of drug-likeness (QED) is 0.0568. The Morgan fingerprint density at radius 3 is 1.07 bits per heavy atom. The largest absolute Gasteiger partial charge is 0.379 e. The van der Waals surface area contributed by atoms with Crippen LogP contribution in [0.1, 0.15) is 222 Å². The minimum atomic E-state index is -0.473. The SMILES string of the molecule is Cc1sc2c(c1C)C(c1ccc(Cl)cc1)=NC(CC(=O)NCCN1CCOCC1)c1nnc(C)n1-2.Cc1sc2c(c1C)C(c1ccc(Cl)cc1)=NC(CC(=O)NCCc1cccnc1)c1nnc(C)n1-2.Cc1sc2c(c1C)C(c1ccc(Cl)cc1)=N[C@@H](CC(=O)CCCN1CCN(C)CC1)c1nnc(C)n1-2.Cc1sc2c(c1C)C(c1ccc(Cl)cc1)=N[C@H](CC(=O)NC(C)(C)C)c1nnc(C)n1-2. The summed E-state index contributed by atoms with van der Waals surface area (Å²) in [5.41, 5.74) is 17.1. The third-order valence-electron chi connectivity index (χ3n) is 25.3. The van der Waals surface area contributed by atoms with Crippen molar-refractivity contribution in [1.29, 1.82) is 0 Å². The van der Waals surface area contributed by atoms with Crippen molar-refractivity contribution in [2.75, 3.05) is 85.7 Å². The van der Waals surface area contributed by atoms with Gasteiger partial charge >= 0.3 is 0 Å². The number of pyridine rings is 1. The number of benzene rings is 4. The van der Waals surface area contributed by atoms with Crippen LogP contribution in [0, 0.1) is 83.1 Å². The number of Topliss-reactive ketones (excluding diaryl/α,β-unsaturated/α-hetero) is 1. The summed E-state index contributed by atoms with van der Waals surface area (Å²) in [7, 11) is 2.16. The zero-order chi connectivity index (χ0) is 96.9. The molecule has 0 radical (unpaired) electrons. The van der Waals surface area contributed by atoms with Gasteiger partial charge in [-0.3, -0.25) is 67.3 Å². The second-order valence-electron chi connectivity index (χ2n) is 36.3. The summed E-state index contributed by atoms with van der Waals surface area (Å²) in [6, 6.07) is 33.0. The molecule has 15 heterocycles. The van der Waals surface area contributed by atoms with Crippen LogP contribution < -0.4 is 16.0 Å². The average Bonchev–Trinajstić information content (AvgIpc) is 1.60. The second kappa shape index (κ2) is 43.3. The van der Waals surface area contributed by atoms with Crippen LogP contribution in [0.5, 0.6) is 0 Å². The molecule has 2 unspecified atom stereocenters. The molecule has 13 aromatic rings. The number of likely N-dealkylation sites (N-methyl/N-ethyl adjacent to an activating group) is 1. The maximum Gasteiger partial charge on any atom is 0.223 e. The van der Waals surface area contributed by atoms with Crippen molar-refractivity contribution in [3.63, 3.8) is 0 Å². The van der Waals surface area contributed by atoms with Gasteiger partial charge in [-0.05, 0) is 213 Å². The van der Waals surface area contributed by atoms with Gasteiger partial charge in [-0.25, -0.2) is 0 Å². The molecule has 137 heavy (non-hydrogen) atoms. The van der Waals surface area contributed by atoms with Gasteiger partial charge in [0.25, 0.3) is 0 Å². The minimum absolute atomic E-state index is 0.0483. The van der Waals surface area contributed by atoms with Crippen molar-refractivity contribution in [3.05, 3.63) is 280 Å². The molecule has 19 rings (SSSR count). The number of fused-ring (bicyclic) bond motifs is 12. The Hall–Kier alpha value is -10.9. The lowest BCUT2D eigenvalue weighted by molar-refractivity contribution is -0.123. The summed E-state index contributed by atoms with van der Waals surface area (Å²) in [5, 5.41) is 51.3. The number of aromatic nitrogens is 13. The monoisotopic (exact) mass is 2000 g/mol. The molecule has 0 bridgehead atoms. The van der Waals surface area contributed by atoms with Crippen molar-refractivity contribution < 1.29 is 23.9 Å². The highest BCUT2D eigenvalue weighted by molar-refractivity contribution is 7.16. The fourth-order valence-electron chi connectivity index (χ4n) is 17.6. The van der Waals surface area contributed by atoms with E-state index in [9.17, 15) is 19.2 Å². The van der Waals surface area contributed by atoms with Gasteiger partial charge in [-0.15, -0.1) is 86.1 Å². The van der Waals surface area contributed by atoms with E-state index >= 15 is 0 Å². The number of nitrogens with one attached hydrogen (secondary N) is 3. The van der Waals surface area contributed by atoms with Crippen LogP contribution in [0.25, 0.3) is 20.0 Å². The van der Waals surface area contributed by atoms with Gasteiger partial charge in [0.1, 0.15) is 73.3 Å². The van der Waals surface area contributed by atoms with E-state index in [2.05, 4.69) is 157 Å². The van der Waals surface area contributed by atoms with Crippen LogP contribution >= 0.6 is 91.8 Å². The summed E-state index contributed by atoms with van der Waals surface area (Å²) in [6.45, 7) is 41.2. The number of hydrogen-bond donors (Lipinski definition) is 3. The molecule has 36 heteroatoms. The molecule has 2 fully saturated rings. The van der Waals surface area contributed by atoms with Gasteiger partial charge < -0.3 is 30.5 Å². The molecular weight excluding hydrogens is 1890 g/mol. The van der Waals surface area contributed by atoms with E-state index < -0.39 is 18.1 Å². The first-order chi connectivity index (χ1) is 65.7. The van der Waals surface area contributed by atoms with Crippen molar-refractivity contribution in [1.82, 2.24) is 94.7 Å². The molecule has 9 aromatic heterocycles.